The number of alkyl carbamates (subject to hydrolysis) is 1. The first-order chi connectivity index (χ1) is 26.9. The van der Waals surface area contributed by atoms with Crippen molar-refractivity contribution >= 4 is 29.7 Å². The van der Waals surface area contributed by atoms with Crippen LogP contribution in [0.4, 0.5) is 15.3 Å². The molecular formula is C42H52N6O8. The van der Waals surface area contributed by atoms with E-state index in [0.717, 1.165) is 11.1 Å². The third kappa shape index (κ3) is 12.3. The van der Waals surface area contributed by atoms with Crippen LogP contribution >= 0.6 is 0 Å². The largest absolute Gasteiger partial charge is 0.452 e. The van der Waals surface area contributed by atoms with Gasteiger partial charge in [-0.15, -0.1) is 0 Å². The minimum Gasteiger partial charge on any atom is -0.452 e. The van der Waals surface area contributed by atoms with Gasteiger partial charge in [-0.25, -0.2) is 9.59 Å². The number of aromatic nitrogens is 2. The molecule has 0 aliphatic rings. The lowest BCUT2D eigenvalue weighted by Gasteiger charge is -2.37. The number of aliphatic hydroxyl groups excluding tert-OH is 2. The fourth-order valence-electron chi connectivity index (χ4n) is 6.30. The Labute approximate surface area is 327 Å². The molecule has 0 spiro atoms. The first-order valence-electron chi connectivity index (χ1n) is 18.5. The molecule has 0 bridgehead atoms. The molecule has 298 valence electrons. The molecule has 14 nitrogen and oxygen atoms in total. The number of hydrogen-bond donors (Lipinski definition) is 5. The van der Waals surface area contributed by atoms with E-state index in [-0.39, 0.29) is 25.4 Å². The average Bonchev–Trinajstić information content (AvgIpc) is 3.20. The molecule has 4 amide bonds. The number of nitrogens with zero attached hydrogens (tertiary/aromatic N) is 3. The molecule has 5 N–H and O–H groups in total. The summed E-state index contributed by atoms with van der Waals surface area (Å²) in [5.41, 5.74) is 2.60. The number of amides is 4. The highest BCUT2D eigenvalue weighted by Gasteiger charge is 2.40. The second-order valence-electron chi connectivity index (χ2n) is 14.1. The van der Waals surface area contributed by atoms with Crippen LogP contribution in [-0.4, -0.2) is 87.7 Å². The second-order valence-corrected chi connectivity index (χ2v) is 14.1. The summed E-state index contributed by atoms with van der Waals surface area (Å²) in [5.74, 6) is -2.03. The smallest absolute Gasteiger partial charge is 0.414 e. The Bertz CT molecular complexity index is 1820. The lowest BCUT2D eigenvalue weighted by Crippen LogP contribution is -2.62. The third-order valence-electron chi connectivity index (χ3n) is 9.26. The quantitative estimate of drug-likeness (QED) is 0.0981. The molecule has 6 atom stereocenters. The topological polar surface area (TPSA) is 192 Å². The van der Waals surface area contributed by atoms with Gasteiger partial charge in [0.1, 0.15) is 30.9 Å². The molecule has 0 aliphatic carbocycles. The maximum atomic E-state index is 14.3. The fourth-order valence-corrected chi connectivity index (χ4v) is 6.30. The normalized spacial score (nSPS) is 14.4. The minimum absolute atomic E-state index is 0.0333. The lowest BCUT2D eigenvalue weighted by molar-refractivity contribution is -0.129. The Morgan fingerprint density at radius 1 is 0.643 bits per heavy atom. The molecule has 4 rings (SSSR count). The predicted octanol–water partition coefficient (Wildman–Crippen LogP) is 4.20. The number of pyridine rings is 2. The van der Waals surface area contributed by atoms with E-state index in [4.69, 9.17) is 9.47 Å². The fraction of sp³-hybridized carbons (Fsp3) is 0.381. The van der Waals surface area contributed by atoms with Crippen molar-refractivity contribution in [3.8, 4) is 0 Å². The van der Waals surface area contributed by atoms with Gasteiger partial charge in [0, 0.05) is 24.8 Å². The van der Waals surface area contributed by atoms with Crippen molar-refractivity contribution < 1.29 is 38.9 Å². The van der Waals surface area contributed by atoms with Crippen LogP contribution in [0.2, 0.25) is 0 Å². The molecule has 6 unspecified atom stereocenters. The second kappa shape index (κ2) is 21.3. The zero-order valence-corrected chi connectivity index (χ0v) is 32.3. The Hall–Kier alpha value is -5.86. The molecule has 0 aliphatic heterocycles. The zero-order valence-electron chi connectivity index (χ0n) is 32.3. The van der Waals surface area contributed by atoms with E-state index in [1.54, 1.807) is 64.4 Å². The van der Waals surface area contributed by atoms with Crippen molar-refractivity contribution in [2.75, 3.05) is 12.0 Å². The van der Waals surface area contributed by atoms with Gasteiger partial charge >= 0.3 is 12.2 Å². The summed E-state index contributed by atoms with van der Waals surface area (Å²) in [4.78, 5) is 63.4. The van der Waals surface area contributed by atoms with Crippen molar-refractivity contribution in [1.29, 1.82) is 0 Å². The van der Waals surface area contributed by atoms with Crippen LogP contribution in [0.15, 0.2) is 110 Å². The number of hydrogen-bond acceptors (Lipinski definition) is 10. The molecular weight excluding hydrogens is 716 g/mol. The Morgan fingerprint density at radius 2 is 1.12 bits per heavy atom. The van der Waals surface area contributed by atoms with E-state index >= 15 is 0 Å². The molecule has 0 radical (unpaired) electrons. The standard InChI is InChI=1S/C42H52N6O8/c1-27(2)35(47-41(53)56-26-31-16-20-43-21-17-31)39(51)45-33(24-29-12-8-6-9-13-29)37(49)38(50)34(25-30-14-10-7-11-15-30)46-40(52)36(28(3)4)48(42(54)55-5)32-18-22-44-23-19-32/h6-23,27-28,33-38,49-50H,24-26H2,1-5H3,(H,45,51)(H,46,52)(H,47,53). The van der Waals surface area contributed by atoms with E-state index in [0.29, 0.717) is 11.3 Å². The molecule has 0 saturated carbocycles. The Kier molecular flexibility index (Phi) is 16.3. The van der Waals surface area contributed by atoms with E-state index in [2.05, 4.69) is 25.9 Å². The van der Waals surface area contributed by atoms with Gasteiger partial charge in [-0.2, -0.15) is 0 Å². The van der Waals surface area contributed by atoms with Gasteiger partial charge in [0.15, 0.2) is 0 Å². The number of nitrogens with one attached hydrogen (secondary N) is 3. The van der Waals surface area contributed by atoms with Crippen LogP contribution in [0, 0.1) is 11.8 Å². The van der Waals surface area contributed by atoms with Crippen LogP contribution in [0.1, 0.15) is 44.4 Å². The molecule has 2 heterocycles. The molecule has 0 saturated heterocycles. The number of benzene rings is 2. The van der Waals surface area contributed by atoms with E-state index in [1.807, 2.05) is 60.7 Å². The van der Waals surface area contributed by atoms with Crippen LogP contribution in [-0.2, 0) is 38.5 Å². The summed E-state index contributed by atoms with van der Waals surface area (Å²) in [5, 5.41) is 32.4. The van der Waals surface area contributed by atoms with Crippen LogP contribution < -0.4 is 20.9 Å². The van der Waals surface area contributed by atoms with Crippen LogP contribution in [0.3, 0.4) is 0 Å². The van der Waals surface area contributed by atoms with Gasteiger partial charge in [0.05, 0.1) is 24.9 Å². The van der Waals surface area contributed by atoms with Gasteiger partial charge < -0.3 is 35.6 Å². The molecule has 4 aromatic rings. The van der Waals surface area contributed by atoms with Crippen molar-refractivity contribution in [3.05, 3.63) is 126 Å². The summed E-state index contributed by atoms with van der Waals surface area (Å²) in [7, 11) is 1.22. The van der Waals surface area contributed by atoms with Crippen molar-refractivity contribution in [1.82, 2.24) is 25.9 Å². The van der Waals surface area contributed by atoms with Gasteiger partial charge in [-0.1, -0.05) is 88.4 Å². The maximum absolute atomic E-state index is 14.3. The maximum Gasteiger partial charge on any atom is 0.414 e. The Balaban J connectivity index is 1.62. The van der Waals surface area contributed by atoms with Gasteiger partial charge in [-0.05, 0) is 65.6 Å². The Morgan fingerprint density at radius 3 is 1.59 bits per heavy atom. The summed E-state index contributed by atoms with van der Waals surface area (Å²) >= 11 is 0. The molecule has 14 heteroatoms. The molecule has 0 fully saturated rings. The highest BCUT2D eigenvalue weighted by molar-refractivity contribution is 5.97. The summed E-state index contributed by atoms with van der Waals surface area (Å²) in [6, 6.07) is 20.4. The van der Waals surface area contributed by atoms with Gasteiger partial charge in [0.25, 0.3) is 0 Å². The molecule has 2 aromatic carbocycles. The minimum atomic E-state index is -1.63. The van der Waals surface area contributed by atoms with Crippen molar-refractivity contribution in [2.45, 2.75) is 83.5 Å². The van der Waals surface area contributed by atoms with Crippen LogP contribution in [0.25, 0.3) is 0 Å². The van der Waals surface area contributed by atoms with Gasteiger partial charge in [0.2, 0.25) is 11.8 Å². The number of anilines is 1. The summed E-state index contributed by atoms with van der Waals surface area (Å²) in [6.07, 6.45) is 1.47. The number of aliphatic hydroxyl groups is 2. The van der Waals surface area contributed by atoms with Crippen molar-refractivity contribution in [3.63, 3.8) is 0 Å². The highest BCUT2D eigenvalue weighted by Crippen LogP contribution is 2.23. The van der Waals surface area contributed by atoms with Gasteiger partial charge in [-0.3, -0.25) is 24.5 Å². The van der Waals surface area contributed by atoms with E-state index in [1.165, 1.54) is 24.4 Å². The summed E-state index contributed by atoms with van der Waals surface area (Å²) in [6.45, 7) is 7.03. The number of methoxy groups -OCH3 is 1. The van der Waals surface area contributed by atoms with E-state index < -0.39 is 66.3 Å². The number of carbonyl (C=O) groups excluding carboxylic acids is 4. The lowest BCUT2D eigenvalue weighted by atomic mass is 9.90. The zero-order chi connectivity index (χ0) is 40.6. The number of carbonyl (C=O) groups is 4. The first kappa shape index (κ1) is 42.9. The van der Waals surface area contributed by atoms with Crippen LogP contribution in [0.5, 0.6) is 0 Å². The highest BCUT2D eigenvalue weighted by atomic mass is 16.5. The van der Waals surface area contributed by atoms with E-state index in [9.17, 15) is 29.4 Å². The first-order valence-corrected chi connectivity index (χ1v) is 18.5. The molecule has 2 aromatic heterocycles. The number of rotatable bonds is 18. The van der Waals surface area contributed by atoms with Crippen molar-refractivity contribution in [2.24, 2.45) is 11.8 Å². The molecule has 56 heavy (non-hydrogen) atoms. The summed E-state index contributed by atoms with van der Waals surface area (Å²) < 4.78 is 10.4. The third-order valence-corrected chi connectivity index (χ3v) is 9.26. The monoisotopic (exact) mass is 768 g/mol. The predicted molar refractivity (Wildman–Crippen MR) is 210 cm³/mol. The SMILES string of the molecule is COC(=O)N(c1ccncc1)C(C(=O)NC(Cc1ccccc1)C(O)C(O)C(Cc1ccccc1)NC(=O)C(NC(=O)OCc1ccncc1)C(C)C)C(C)C. The average molecular weight is 769 g/mol. The number of ether oxygens (including phenoxy) is 2.